The number of carbonyl (C=O) groups excluding carboxylic acids is 2. The van der Waals surface area contributed by atoms with Crippen molar-refractivity contribution in [2.45, 2.75) is 34.1 Å². The quantitative estimate of drug-likeness (QED) is 0.551. The number of allylic oxidation sites excluding steroid dienone is 2. The molecule has 2 aliphatic rings. The Morgan fingerprint density at radius 2 is 1.79 bits per heavy atom. The van der Waals surface area contributed by atoms with E-state index in [9.17, 15) is 9.59 Å². The highest BCUT2D eigenvalue weighted by Gasteiger charge is 2.54. The van der Waals surface area contributed by atoms with Crippen LogP contribution in [0.15, 0.2) is 11.1 Å². The summed E-state index contributed by atoms with van der Waals surface area (Å²) in [5, 5.41) is 0. The molecule has 2 rings (SSSR count). The molecule has 76 valence electrons. The lowest BCUT2D eigenvalue weighted by Gasteiger charge is -2.27. The Morgan fingerprint density at radius 1 is 1.21 bits per heavy atom. The second-order valence-corrected chi connectivity index (χ2v) is 5.25. The van der Waals surface area contributed by atoms with Crippen molar-refractivity contribution < 1.29 is 9.59 Å². The van der Waals surface area contributed by atoms with E-state index < -0.39 is 0 Å². The zero-order chi connectivity index (χ0) is 10.7. The molecule has 0 aliphatic heterocycles. The van der Waals surface area contributed by atoms with Gasteiger partial charge in [0.1, 0.15) is 0 Å². The topological polar surface area (TPSA) is 34.1 Å². The summed E-state index contributed by atoms with van der Waals surface area (Å²) in [5.74, 6) is -0.124. The van der Waals surface area contributed by atoms with Gasteiger partial charge in [-0.25, -0.2) is 0 Å². The third kappa shape index (κ3) is 0.969. The molecule has 14 heavy (non-hydrogen) atoms. The van der Waals surface area contributed by atoms with E-state index in [4.69, 9.17) is 0 Å². The second kappa shape index (κ2) is 2.56. The van der Waals surface area contributed by atoms with E-state index in [0.29, 0.717) is 0 Å². The van der Waals surface area contributed by atoms with Crippen LogP contribution >= 0.6 is 0 Å². The maximum Gasteiger partial charge on any atom is 0.169 e. The molecule has 0 aromatic heterocycles. The van der Waals surface area contributed by atoms with Gasteiger partial charge in [-0.2, -0.15) is 0 Å². The summed E-state index contributed by atoms with van der Waals surface area (Å²) in [7, 11) is 0. The molecule has 1 fully saturated rings. The lowest BCUT2D eigenvalue weighted by Crippen LogP contribution is -2.31. The van der Waals surface area contributed by atoms with Gasteiger partial charge in [0.25, 0.3) is 0 Å². The van der Waals surface area contributed by atoms with E-state index in [2.05, 4.69) is 13.8 Å². The fraction of sp³-hybridized carbons (Fsp3) is 0.667. The van der Waals surface area contributed by atoms with Gasteiger partial charge in [-0.15, -0.1) is 0 Å². The van der Waals surface area contributed by atoms with Crippen LogP contribution in [0.4, 0.5) is 0 Å². The Morgan fingerprint density at radius 3 is 2.36 bits per heavy atom. The molecule has 0 heterocycles. The van der Waals surface area contributed by atoms with Crippen molar-refractivity contribution in [3.05, 3.63) is 11.1 Å². The van der Waals surface area contributed by atoms with Crippen molar-refractivity contribution in [1.82, 2.24) is 0 Å². The van der Waals surface area contributed by atoms with Crippen LogP contribution in [0, 0.1) is 17.3 Å². The van der Waals surface area contributed by atoms with Gasteiger partial charge >= 0.3 is 0 Å². The number of carbonyl (C=O) groups is 2. The molecule has 0 aromatic rings. The lowest BCUT2D eigenvalue weighted by atomic mass is 9.75. The number of rotatable bonds is 0. The highest BCUT2D eigenvalue weighted by molar-refractivity contribution is 6.16. The van der Waals surface area contributed by atoms with Crippen molar-refractivity contribution in [2.24, 2.45) is 17.3 Å². The van der Waals surface area contributed by atoms with Crippen LogP contribution in [-0.4, -0.2) is 11.6 Å². The lowest BCUT2D eigenvalue weighted by molar-refractivity contribution is -0.131. The predicted octanol–water partition coefficient (Wildman–Crippen LogP) is 2.14. The van der Waals surface area contributed by atoms with E-state index >= 15 is 0 Å². The van der Waals surface area contributed by atoms with Gasteiger partial charge in [-0.3, -0.25) is 9.59 Å². The Labute approximate surface area is 84.4 Å². The van der Waals surface area contributed by atoms with Crippen molar-refractivity contribution >= 4 is 11.6 Å². The standard InChI is InChI=1S/C12H16O2/c1-6-7(2)10(13)8-5-12(3,4)9(6)11(8)14/h8-9H,5H2,1-4H3. The van der Waals surface area contributed by atoms with Crippen molar-refractivity contribution in [2.75, 3.05) is 0 Å². The van der Waals surface area contributed by atoms with Gasteiger partial charge in [-0.05, 0) is 31.3 Å². The van der Waals surface area contributed by atoms with Gasteiger partial charge in [0.05, 0.1) is 5.92 Å². The highest BCUT2D eigenvalue weighted by Crippen LogP contribution is 2.51. The van der Waals surface area contributed by atoms with Crippen LogP contribution in [0.2, 0.25) is 0 Å². The number of ketones is 2. The largest absolute Gasteiger partial charge is 0.298 e. The molecule has 2 heteroatoms. The summed E-state index contributed by atoms with van der Waals surface area (Å²) < 4.78 is 0. The molecular weight excluding hydrogens is 176 g/mol. The first-order valence-electron chi connectivity index (χ1n) is 5.11. The SMILES string of the molecule is CC1=C(C)C2C(=O)C(CC2(C)C)C1=O. The molecule has 2 nitrogen and oxygen atoms in total. The van der Waals surface area contributed by atoms with Crippen LogP contribution in [0.1, 0.15) is 34.1 Å². The Hall–Kier alpha value is -0.920. The molecule has 2 bridgehead atoms. The van der Waals surface area contributed by atoms with Gasteiger partial charge in [-0.1, -0.05) is 19.4 Å². The van der Waals surface area contributed by atoms with Gasteiger partial charge in [0, 0.05) is 5.92 Å². The van der Waals surface area contributed by atoms with Crippen molar-refractivity contribution in [3.8, 4) is 0 Å². The number of Topliss-reactive ketones (excluding diaryl/α,β-unsaturated/α-hetero) is 2. The molecule has 0 saturated heterocycles. The van der Waals surface area contributed by atoms with E-state index in [1.165, 1.54) is 0 Å². The van der Waals surface area contributed by atoms with E-state index in [1.54, 1.807) is 0 Å². The van der Waals surface area contributed by atoms with Crippen molar-refractivity contribution in [3.63, 3.8) is 0 Å². The molecule has 2 aliphatic carbocycles. The fourth-order valence-electron chi connectivity index (χ4n) is 3.02. The van der Waals surface area contributed by atoms with Crippen LogP contribution in [0.3, 0.4) is 0 Å². The average Bonchev–Trinajstić information content (AvgIpc) is 2.28. The van der Waals surface area contributed by atoms with E-state index in [0.717, 1.165) is 17.6 Å². The van der Waals surface area contributed by atoms with Crippen LogP contribution in [0.5, 0.6) is 0 Å². The van der Waals surface area contributed by atoms with Crippen molar-refractivity contribution in [1.29, 1.82) is 0 Å². The smallest absolute Gasteiger partial charge is 0.169 e. The second-order valence-electron chi connectivity index (χ2n) is 5.25. The van der Waals surface area contributed by atoms with Gasteiger partial charge in [0.15, 0.2) is 11.6 Å². The third-order valence-corrected chi connectivity index (χ3v) is 3.85. The van der Waals surface area contributed by atoms with E-state index in [1.807, 2.05) is 13.8 Å². The number of hydrogen-bond donors (Lipinski definition) is 0. The monoisotopic (exact) mass is 192 g/mol. The fourth-order valence-corrected chi connectivity index (χ4v) is 3.02. The summed E-state index contributed by atoms with van der Waals surface area (Å²) >= 11 is 0. The summed E-state index contributed by atoms with van der Waals surface area (Å²) in [6, 6.07) is 0. The molecule has 0 radical (unpaired) electrons. The normalized spacial score (nSPS) is 35.4. The molecular formula is C12H16O2. The first-order chi connectivity index (χ1) is 6.36. The average molecular weight is 192 g/mol. The Kier molecular flexibility index (Phi) is 1.76. The minimum Gasteiger partial charge on any atom is -0.298 e. The molecule has 0 amide bonds. The first-order valence-corrected chi connectivity index (χ1v) is 5.11. The maximum absolute atomic E-state index is 11.9. The molecule has 0 spiro atoms. The van der Waals surface area contributed by atoms with Crippen LogP contribution < -0.4 is 0 Å². The summed E-state index contributed by atoms with van der Waals surface area (Å²) in [6.45, 7) is 7.96. The predicted molar refractivity (Wildman–Crippen MR) is 53.8 cm³/mol. The van der Waals surface area contributed by atoms with Crippen LogP contribution in [0.25, 0.3) is 0 Å². The van der Waals surface area contributed by atoms with Crippen LogP contribution in [-0.2, 0) is 9.59 Å². The molecule has 2 unspecified atom stereocenters. The number of fused-ring (bicyclic) bond motifs is 2. The summed E-state index contributed by atoms with van der Waals surface area (Å²) in [5.41, 5.74) is 1.79. The minimum atomic E-state index is -0.335. The summed E-state index contributed by atoms with van der Waals surface area (Å²) in [4.78, 5) is 23.7. The minimum absolute atomic E-state index is 0.00907. The Balaban J connectivity index is 2.60. The third-order valence-electron chi connectivity index (χ3n) is 3.85. The Bertz CT molecular complexity index is 361. The van der Waals surface area contributed by atoms with Gasteiger partial charge < -0.3 is 0 Å². The molecule has 1 saturated carbocycles. The zero-order valence-corrected chi connectivity index (χ0v) is 9.18. The highest BCUT2D eigenvalue weighted by atomic mass is 16.2. The molecule has 0 N–H and O–H groups in total. The van der Waals surface area contributed by atoms with E-state index in [-0.39, 0.29) is 28.8 Å². The zero-order valence-electron chi connectivity index (χ0n) is 9.18. The molecule has 0 aromatic carbocycles. The number of hydrogen-bond acceptors (Lipinski definition) is 2. The van der Waals surface area contributed by atoms with Gasteiger partial charge in [0.2, 0.25) is 0 Å². The summed E-state index contributed by atoms with van der Waals surface area (Å²) in [6.07, 6.45) is 0.726. The maximum atomic E-state index is 11.9. The first kappa shape index (κ1) is 9.63. The molecule has 2 atom stereocenters.